The Balaban J connectivity index is 1.45. The van der Waals surface area contributed by atoms with Crippen molar-refractivity contribution in [2.24, 2.45) is 0 Å². The highest BCUT2D eigenvalue weighted by Crippen LogP contribution is 2.30. The number of piperazine rings is 1. The second-order valence-electron chi connectivity index (χ2n) is 7.19. The lowest BCUT2D eigenvalue weighted by Crippen LogP contribution is -2.52. The number of nitrogens with zero attached hydrogens (tertiary/aromatic N) is 4. The number of hydrogen-bond acceptors (Lipinski definition) is 6. The summed E-state index contributed by atoms with van der Waals surface area (Å²) in [5, 5.41) is 4.13. The largest absolute Gasteiger partial charge is 0.457 e. The topological polar surface area (TPSA) is 54.6 Å². The molecule has 3 aromatic rings. The van der Waals surface area contributed by atoms with Crippen LogP contribution in [0, 0.1) is 6.92 Å². The molecule has 1 saturated heterocycles. The summed E-state index contributed by atoms with van der Waals surface area (Å²) in [5.41, 5.74) is 2.45. The number of hydrogen-bond donors (Lipinski definition) is 0. The van der Waals surface area contributed by atoms with E-state index in [-0.39, 0.29) is 0 Å². The second-order valence-corrected chi connectivity index (χ2v) is 7.19. The van der Waals surface area contributed by atoms with Gasteiger partial charge < -0.3 is 19.1 Å². The minimum Gasteiger partial charge on any atom is -0.457 e. The average Bonchev–Trinajstić information content (AvgIpc) is 3.18. The molecule has 0 saturated carbocycles. The molecule has 1 aliphatic rings. The zero-order valence-electron chi connectivity index (χ0n) is 16.6. The Bertz CT molecular complexity index is 925. The maximum Gasteiger partial charge on any atom is 0.266 e. The van der Waals surface area contributed by atoms with E-state index < -0.39 is 0 Å². The lowest BCUT2D eigenvalue weighted by atomic mass is 10.1. The molecule has 0 N–H and O–H groups in total. The van der Waals surface area contributed by atoms with Gasteiger partial charge in [-0.3, -0.25) is 0 Å². The van der Waals surface area contributed by atoms with Crippen LogP contribution >= 0.6 is 0 Å². The lowest BCUT2D eigenvalue weighted by molar-refractivity contribution is 0.379. The van der Waals surface area contributed by atoms with Gasteiger partial charge in [0.1, 0.15) is 11.5 Å². The van der Waals surface area contributed by atoms with E-state index in [1.807, 2.05) is 43.3 Å². The third kappa shape index (κ3) is 3.81. The summed E-state index contributed by atoms with van der Waals surface area (Å²) in [5.74, 6) is 3.10. The minimum absolute atomic E-state index is 0.302. The van der Waals surface area contributed by atoms with Crippen molar-refractivity contribution in [3.63, 3.8) is 0 Å². The van der Waals surface area contributed by atoms with Gasteiger partial charge in [-0.1, -0.05) is 25.1 Å². The molecule has 0 amide bonds. The fourth-order valence-electron chi connectivity index (χ4n) is 3.65. The maximum atomic E-state index is 5.96. The van der Waals surface area contributed by atoms with Gasteiger partial charge in [0, 0.05) is 37.8 Å². The first kappa shape index (κ1) is 18.3. The Morgan fingerprint density at radius 1 is 1.11 bits per heavy atom. The predicted molar refractivity (Wildman–Crippen MR) is 110 cm³/mol. The zero-order valence-corrected chi connectivity index (χ0v) is 16.6. The number of anilines is 2. The van der Waals surface area contributed by atoms with Crippen LogP contribution in [0.2, 0.25) is 0 Å². The van der Waals surface area contributed by atoms with Crippen LogP contribution in [0.15, 0.2) is 53.1 Å². The molecule has 2 heterocycles. The van der Waals surface area contributed by atoms with Crippen LogP contribution in [0.1, 0.15) is 25.3 Å². The van der Waals surface area contributed by atoms with E-state index in [1.165, 1.54) is 11.3 Å². The van der Waals surface area contributed by atoms with Crippen LogP contribution in [0.25, 0.3) is 0 Å². The van der Waals surface area contributed by atoms with E-state index in [4.69, 9.17) is 9.26 Å². The quantitative estimate of drug-likeness (QED) is 0.654. The molecule has 6 nitrogen and oxygen atoms in total. The summed E-state index contributed by atoms with van der Waals surface area (Å²) in [6.45, 7) is 9.06. The van der Waals surface area contributed by atoms with Crippen molar-refractivity contribution in [1.29, 1.82) is 0 Å². The van der Waals surface area contributed by atoms with Gasteiger partial charge >= 0.3 is 0 Å². The lowest BCUT2D eigenvalue weighted by Gasteiger charge is -2.40. The second kappa shape index (κ2) is 7.92. The average molecular weight is 378 g/mol. The Labute approximate surface area is 165 Å². The van der Waals surface area contributed by atoms with Crippen molar-refractivity contribution in [2.45, 2.75) is 33.2 Å². The summed E-state index contributed by atoms with van der Waals surface area (Å²) < 4.78 is 11.2. The molecular weight excluding hydrogens is 352 g/mol. The van der Waals surface area contributed by atoms with Gasteiger partial charge in [0.05, 0.1) is 0 Å². The normalized spacial score (nSPS) is 17.0. The first-order valence-corrected chi connectivity index (χ1v) is 9.81. The van der Waals surface area contributed by atoms with E-state index in [1.54, 1.807) is 0 Å². The Hall–Kier alpha value is -3.02. The van der Waals surface area contributed by atoms with Crippen molar-refractivity contribution in [2.75, 3.05) is 29.4 Å². The van der Waals surface area contributed by atoms with Gasteiger partial charge in [0.15, 0.2) is 0 Å². The molecule has 1 aromatic heterocycles. The van der Waals surface area contributed by atoms with E-state index in [9.17, 15) is 0 Å². The monoisotopic (exact) mass is 378 g/mol. The summed E-state index contributed by atoms with van der Waals surface area (Å²) in [6, 6.07) is 16.5. The first-order valence-electron chi connectivity index (χ1n) is 9.81. The van der Waals surface area contributed by atoms with E-state index in [2.05, 4.69) is 45.9 Å². The highest BCUT2D eigenvalue weighted by Gasteiger charge is 2.27. The summed E-state index contributed by atoms with van der Waals surface area (Å²) in [6.07, 6.45) is 0.762. The van der Waals surface area contributed by atoms with Gasteiger partial charge in [-0.05, 0) is 54.9 Å². The third-order valence-electron chi connectivity index (χ3n) is 5.13. The standard InChI is InChI=1S/C22H26N4O2/c1-4-21-23-22(24-28-21)26-13-12-25(15-17(26)3)20-11-10-19(14-16(20)2)27-18-8-6-5-7-9-18/h5-11,14,17H,4,12-13,15H2,1-3H3/t17-/m0/s1. The number of rotatable bonds is 5. The molecule has 0 aliphatic carbocycles. The van der Waals surface area contributed by atoms with E-state index >= 15 is 0 Å². The van der Waals surface area contributed by atoms with Gasteiger partial charge in [0.2, 0.25) is 5.89 Å². The molecule has 1 fully saturated rings. The van der Waals surface area contributed by atoms with Crippen molar-refractivity contribution >= 4 is 11.6 Å². The molecule has 6 heteroatoms. The van der Waals surface area contributed by atoms with Crippen molar-refractivity contribution < 1.29 is 9.26 Å². The molecule has 4 rings (SSSR count). The molecule has 146 valence electrons. The zero-order chi connectivity index (χ0) is 19.5. The van der Waals surface area contributed by atoms with Gasteiger partial charge in [-0.25, -0.2) is 0 Å². The fraction of sp³-hybridized carbons (Fsp3) is 0.364. The van der Waals surface area contributed by atoms with Crippen LogP contribution < -0.4 is 14.5 Å². The SMILES string of the molecule is CCc1nc(N2CCN(c3ccc(Oc4ccccc4)cc3C)C[C@@H]2C)no1. The van der Waals surface area contributed by atoms with Crippen LogP contribution in [0.4, 0.5) is 11.6 Å². The molecule has 0 bridgehead atoms. The molecule has 0 unspecified atom stereocenters. The Kier molecular flexibility index (Phi) is 5.19. The van der Waals surface area contributed by atoms with Crippen LogP contribution in [0.3, 0.4) is 0 Å². The van der Waals surface area contributed by atoms with E-state index in [0.29, 0.717) is 17.9 Å². The Morgan fingerprint density at radius 3 is 2.61 bits per heavy atom. The van der Waals surface area contributed by atoms with Crippen molar-refractivity contribution in [3.05, 3.63) is 60.0 Å². The summed E-state index contributed by atoms with van der Waals surface area (Å²) >= 11 is 0. The maximum absolute atomic E-state index is 5.96. The molecular formula is C22H26N4O2. The first-order chi connectivity index (χ1) is 13.6. The van der Waals surface area contributed by atoms with E-state index in [0.717, 1.165) is 37.6 Å². The predicted octanol–water partition coefficient (Wildman–Crippen LogP) is 4.45. The number of aromatic nitrogens is 2. The smallest absolute Gasteiger partial charge is 0.266 e. The van der Waals surface area contributed by atoms with Crippen molar-refractivity contribution in [3.8, 4) is 11.5 Å². The minimum atomic E-state index is 0.302. The number of aryl methyl sites for hydroxylation is 2. The molecule has 1 aliphatic heterocycles. The third-order valence-corrected chi connectivity index (χ3v) is 5.13. The Morgan fingerprint density at radius 2 is 1.93 bits per heavy atom. The summed E-state index contributed by atoms with van der Waals surface area (Å²) in [7, 11) is 0. The van der Waals surface area contributed by atoms with Crippen LogP contribution in [-0.4, -0.2) is 35.8 Å². The summed E-state index contributed by atoms with van der Waals surface area (Å²) in [4.78, 5) is 9.13. The highest BCUT2D eigenvalue weighted by molar-refractivity contribution is 5.57. The molecule has 28 heavy (non-hydrogen) atoms. The number of benzene rings is 2. The van der Waals surface area contributed by atoms with Gasteiger partial charge in [0.25, 0.3) is 5.95 Å². The van der Waals surface area contributed by atoms with Crippen molar-refractivity contribution in [1.82, 2.24) is 10.1 Å². The molecule has 0 radical (unpaired) electrons. The fourth-order valence-corrected chi connectivity index (χ4v) is 3.65. The van der Waals surface area contributed by atoms with Gasteiger partial charge in [-0.2, -0.15) is 4.98 Å². The van der Waals surface area contributed by atoms with Crippen LogP contribution in [0.5, 0.6) is 11.5 Å². The molecule has 2 aromatic carbocycles. The van der Waals surface area contributed by atoms with Crippen LogP contribution in [-0.2, 0) is 6.42 Å². The molecule has 1 atom stereocenters. The van der Waals surface area contributed by atoms with Gasteiger partial charge in [-0.15, -0.1) is 0 Å². The number of ether oxygens (including phenoxy) is 1. The highest BCUT2D eigenvalue weighted by atomic mass is 16.5. The molecule has 0 spiro atoms. The number of para-hydroxylation sites is 1.